The van der Waals surface area contributed by atoms with E-state index in [2.05, 4.69) is 5.32 Å². The Morgan fingerprint density at radius 1 is 1.17 bits per heavy atom. The number of nitrogens with one attached hydrogen (secondary N) is 1. The molecule has 0 aliphatic rings. The van der Waals surface area contributed by atoms with Crippen molar-refractivity contribution in [2.75, 3.05) is 12.4 Å². The van der Waals surface area contributed by atoms with Crippen molar-refractivity contribution in [2.45, 2.75) is 20.8 Å². The highest BCUT2D eigenvalue weighted by atomic mass is 16.3. The second-order valence-electron chi connectivity index (χ2n) is 3.09. The predicted octanol–water partition coefficient (Wildman–Crippen LogP) is 2.36. The molecule has 2 N–H and O–H groups in total. The number of rotatable bonds is 1. The summed E-state index contributed by atoms with van der Waals surface area (Å²) in [6, 6.07) is 1.79. The number of benzene rings is 1. The van der Waals surface area contributed by atoms with Crippen LogP contribution in [0.3, 0.4) is 0 Å². The Bertz CT molecular complexity index is 305. The summed E-state index contributed by atoms with van der Waals surface area (Å²) >= 11 is 0. The molecule has 1 aromatic carbocycles. The third-order valence-electron chi connectivity index (χ3n) is 2.32. The van der Waals surface area contributed by atoms with Gasteiger partial charge in [0.05, 0.1) is 0 Å². The van der Waals surface area contributed by atoms with Gasteiger partial charge in [-0.15, -0.1) is 0 Å². The molecule has 0 atom stereocenters. The van der Waals surface area contributed by atoms with E-state index >= 15 is 0 Å². The van der Waals surface area contributed by atoms with E-state index in [4.69, 9.17) is 0 Å². The van der Waals surface area contributed by atoms with Gasteiger partial charge in [0.2, 0.25) is 0 Å². The van der Waals surface area contributed by atoms with Crippen LogP contribution in [0, 0.1) is 20.8 Å². The fraction of sp³-hybridized carbons (Fsp3) is 0.400. The molecule has 0 aliphatic heterocycles. The van der Waals surface area contributed by atoms with Crippen LogP contribution in [-0.4, -0.2) is 12.2 Å². The van der Waals surface area contributed by atoms with Gasteiger partial charge in [-0.1, -0.05) is 0 Å². The van der Waals surface area contributed by atoms with E-state index in [-0.39, 0.29) is 0 Å². The number of hydrogen-bond donors (Lipinski definition) is 2. The van der Waals surface area contributed by atoms with Crippen LogP contribution in [0.4, 0.5) is 5.69 Å². The Morgan fingerprint density at radius 3 is 2.25 bits per heavy atom. The zero-order valence-corrected chi connectivity index (χ0v) is 8.02. The van der Waals surface area contributed by atoms with E-state index in [1.165, 1.54) is 0 Å². The molecule has 2 heteroatoms. The monoisotopic (exact) mass is 165 g/mol. The van der Waals surface area contributed by atoms with Gasteiger partial charge in [0.15, 0.2) is 0 Å². The first-order valence-electron chi connectivity index (χ1n) is 4.05. The third-order valence-corrected chi connectivity index (χ3v) is 2.32. The normalized spacial score (nSPS) is 10.0. The van der Waals surface area contributed by atoms with Crippen LogP contribution < -0.4 is 5.32 Å². The van der Waals surface area contributed by atoms with E-state index in [0.29, 0.717) is 5.75 Å². The van der Waals surface area contributed by atoms with Crippen molar-refractivity contribution in [3.63, 3.8) is 0 Å². The van der Waals surface area contributed by atoms with Crippen LogP contribution in [0.15, 0.2) is 6.07 Å². The molecule has 0 bridgehead atoms. The SMILES string of the molecule is CNc1c(C)cc(O)c(C)c1C. The van der Waals surface area contributed by atoms with Gasteiger partial charge >= 0.3 is 0 Å². The van der Waals surface area contributed by atoms with Crippen molar-refractivity contribution in [2.24, 2.45) is 0 Å². The first kappa shape index (κ1) is 8.91. The van der Waals surface area contributed by atoms with Gasteiger partial charge in [-0.3, -0.25) is 0 Å². The van der Waals surface area contributed by atoms with Crippen LogP contribution in [0.1, 0.15) is 16.7 Å². The van der Waals surface area contributed by atoms with Crippen molar-refractivity contribution in [1.82, 2.24) is 0 Å². The van der Waals surface area contributed by atoms with Crippen LogP contribution in [0.2, 0.25) is 0 Å². The van der Waals surface area contributed by atoms with E-state index in [1.807, 2.05) is 27.8 Å². The average Bonchev–Trinajstić information content (AvgIpc) is 2.01. The molecule has 0 aromatic heterocycles. The molecule has 1 aromatic rings. The topological polar surface area (TPSA) is 32.3 Å². The zero-order chi connectivity index (χ0) is 9.30. The Morgan fingerprint density at radius 2 is 1.75 bits per heavy atom. The van der Waals surface area contributed by atoms with Crippen molar-refractivity contribution >= 4 is 5.69 Å². The molecule has 0 heterocycles. The van der Waals surface area contributed by atoms with Crippen LogP contribution in [0.5, 0.6) is 5.75 Å². The van der Waals surface area contributed by atoms with Gasteiger partial charge in [-0.25, -0.2) is 0 Å². The maximum absolute atomic E-state index is 9.47. The Labute approximate surface area is 73.2 Å². The van der Waals surface area contributed by atoms with Crippen molar-refractivity contribution < 1.29 is 5.11 Å². The fourth-order valence-corrected chi connectivity index (χ4v) is 1.45. The van der Waals surface area contributed by atoms with Crippen molar-refractivity contribution in [3.8, 4) is 5.75 Å². The maximum Gasteiger partial charge on any atom is 0.119 e. The summed E-state index contributed by atoms with van der Waals surface area (Å²) in [5, 5.41) is 12.6. The molecule has 0 amide bonds. The van der Waals surface area contributed by atoms with E-state index in [1.54, 1.807) is 6.07 Å². The molecular weight excluding hydrogens is 150 g/mol. The van der Waals surface area contributed by atoms with Crippen LogP contribution >= 0.6 is 0 Å². The number of phenolic OH excluding ortho intramolecular Hbond substituents is 1. The van der Waals surface area contributed by atoms with Gasteiger partial charge in [0.25, 0.3) is 0 Å². The molecule has 0 fully saturated rings. The van der Waals surface area contributed by atoms with Gasteiger partial charge in [0.1, 0.15) is 5.75 Å². The Hall–Kier alpha value is -1.18. The largest absolute Gasteiger partial charge is 0.508 e. The van der Waals surface area contributed by atoms with Gasteiger partial charge in [0, 0.05) is 12.7 Å². The fourth-order valence-electron chi connectivity index (χ4n) is 1.45. The van der Waals surface area contributed by atoms with Crippen molar-refractivity contribution in [3.05, 3.63) is 22.8 Å². The highest BCUT2D eigenvalue weighted by molar-refractivity contribution is 5.62. The minimum absolute atomic E-state index is 0.379. The third kappa shape index (κ3) is 1.24. The Balaban J connectivity index is 3.40. The molecule has 0 radical (unpaired) electrons. The zero-order valence-electron chi connectivity index (χ0n) is 8.02. The summed E-state index contributed by atoms with van der Waals surface area (Å²) in [4.78, 5) is 0. The molecule has 0 aliphatic carbocycles. The summed E-state index contributed by atoms with van der Waals surface area (Å²) in [5.41, 5.74) is 4.27. The second-order valence-corrected chi connectivity index (χ2v) is 3.09. The first-order valence-corrected chi connectivity index (χ1v) is 4.05. The minimum Gasteiger partial charge on any atom is -0.508 e. The summed E-state index contributed by atoms with van der Waals surface area (Å²) in [6.45, 7) is 5.91. The van der Waals surface area contributed by atoms with Gasteiger partial charge in [-0.2, -0.15) is 0 Å². The highest BCUT2D eigenvalue weighted by Crippen LogP contribution is 2.29. The lowest BCUT2D eigenvalue weighted by Gasteiger charge is -2.12. The molecule has 0 unspecified atom stereocenters. The van der Waals surface area contributed by atoms with Gasteiger partial charge in [-0.05, 0) is 43.5 Å². The molecule has 2 nitrogen and oxygen atoms in total. The lowest BCUT2D eigenvalue weighted by atomic mass is 10.0. The quantitative estimate of drug-likeness (QED) is 0.626. The lowest BCUT2D eigenvalue weighted by molar-refractivity contribution is 0.470. The predicted molar refractivity (Wildman–Crippen MR) is 51.9 cm³/mol. The number of anilines is 1. The average molecular weight is 165 g/mol. The molecule has 12 heavy (non-hydrogen) atoms. The lowest BCUT2D eigenvalue weighted by Crippen LogP contribution is -1.97. The molecule has 66 valence electrons. The summed E-state index contributed by atoms with van der Waals surface area (Å²) < 4.78 is 0. The maximum atomic E-state index is 9.47. The first-order chi connectivity index (χ1) is 5.57. The van der Waals surface area contributed by atoms with Crippen molar-refractivity contribution in [1.29, 1.82) is 0 Å². The standard InChI is InChI=1S/C10H15NO/c1-6-5-9(12)7(2)8(3)10(6)11-4/h5,11-12H,1-4H3. The molecule has 1 rings (SSSR count). The molecule has 0 saturated heterocycles. The van der Waals surface area contributed by atoms with E-state index in [0.717, 1.165) is 22.4 Å². The number of aromatic hydroxyl groups is 1. The summed E-state index contributed by atoms with van der Waals surface area (Å²) in [6.07, 6.45) is 0. The summed E-state index contributed by atoms with van der Waals surface area (Å²) in [5.74, 6) is 0.379. The van der Waals surface area contributed by atoms with E-state index in [9.17, 15) is 5.11 Å². The molecule has 0 saturated carbocycles. The van der Waals surface area contributed by atoms with Crippen LogP contribution in [0.25, 0.3) is 0 Å². The van der Waals surface area contributed by atoms with Gasteiger partial charge < -0.3 is 10.4 Å². The van der Waals surface area contributed by atoms with E-state index < -0.39 is 0 Å². The smallest absolute Gasteiger partial charge is 0.119 e. The highest BCUT2D eigenvalue weighted by Gasteiger charge is 2.07. The molecule has 0 spiro atoms. The number of hydrogen-bond acceptors (Lipinski definition) is 2. The number of phenols is 1. The number of aryl methyl sites for hydroxylation is 1. The summed E-state index contributed by atoms with van der Waals surface area (Å²) in [7, 11) is 1.89. The second kappa shape index (κ2) is 3.05. The van der Waals surface area contributed by atoms with Crippen LogP contribution in [-0.2, 0) is 0 Å². The molecular formula is C10H15NO. The minimum atomic E-state index is 0.379. The Kier molecular flexibility index (Phi) is 2.27.